The Labute approximate surface area is 167 Å². The number of aliphatic imine (C=N–C) groups is 1. The standard InChI is InChI=1S/C21H23F2N5O/c1-2-24-21(27-13-20(29)28-17-5-3-4-15(22)10-17)25-9-8-14-12-26-19-11-16(23)6-7-18(14)19/h3-7,10-12,26H,2,8-9,13H2,1H3,(H,28,29)(H2,24,25,27). The molecule has 152 valence electrons. The number of fused-ring (bicyclic) bond motifs is 1. The molecule has 6 nitrogen and oxygen atoms in total. The van der Waals surface area contributed by atoms with Gasteiger partial charge in [-0.1, -0.05) is 6.07 Å². The van der Waals surface area contributed by atoms with Crippen LogP contribution in [0.3, 0.4) is 0 Å². The zero-order chi connectivity index (χ0) is 20.6. The number of aromatic amines is 1. The molecule has 1 aromatic heterocycles. The van der Waals surface area contributed by atoms with E-state index in [0.29, 0.717) is 31.2 Å². The van der Waals surface area contributed by atoms with Crippen molar-refractivity contribution in [1.29, 1.82) is 0 Å². The van der Waals surface area contributed by atoms with Crippen molar-refractivity contribution in [2.24, 2.45) is 4.99 Å². The van der Waals surface area contributed by atoms with Gasteiger partial charge in [0.2, 0.25) is 5.91 Å². The molecule has 0 saturated heterocycles. The van der Waals surface area contributed by atoms with E-state index in [0.717, 1.165) is 16.5 Å². The van der Waals surface area contributed by atoms with Gasteiger partial charge in [-0.05, 0) is 55.3 Å². The molecule has 3 rings (SSSR count). The van der Waals surface area contributed by atoms with Gasteiger partial charge in [-0.2, -0.15) is 0 Å². The number of H-pyrrole nitrogens is 1. The molecule has 0 aliphatic rings. The monoisotopic (exact) mass is 399 g/mol. The van der Waals surface area contributed by atoms with E-state index >= 15 is 0 Å². The van der Waals surface area contributed by atoms with E-state index in [-0.39, 0.29) is 18.3 Å². The summed E-state index contributed by atoms with van der Waals surface area (Å²) in [6, 6.07) is 10.4. The zero-order valence-electron chi connectivity index (χ0n) is 16.1. The molecule has 0 spiro atoms. The van der Waals surface area contributed by atoms with E-state index in [9.17, 15) is 13.6 Å². The van der Waals surface area contributed by atoms with Crippen molar-refractivity contribution >= 4 is 28.5 Å². The molecule has 0 fully saturated rings. The summed E-state index contributed by atoms with van der Waals surface area (Å²) in [4.78, 5) is 19.4. The first-order valence-electron chi connectivity index (χ1n) is 9.38. The normalized spacial score (nSPS) is 11.5. The molecule has 29 heavy (non-hydrogen) atoms. The fraction of sp³-hybridized carbons (Fsp3) is 0.238. The van der Waals surface area contributed by atoms with Crippen molar-refractivity contribution < 1.29 is 13.6 Å². The van der Waals surface area contributed by atoms with Gasteiger partial charge in [0.15, 0.2) is 5.96 Å². The molecule has 3 aromatic rings. The predicted molar refractivity (Wildman–Crippen MR) is 111 cm³/mol. The van der Waals surface area contributed by atoms with Crippen LogP contribution >= 0.6 is 0 Å². The Morgan fingerprint density at radius 3 is 2.72 bits per heavy atom. The zero-order valence-corrected chi connectivity index (χ0v) is 16.1. The number of hydrogen-bond acceptors (Lipinski definition) is 2. The van der Waals surface area contributed by atoms with Crippen LogP contribution in [-0.4, -0.2) is 36.5 Å². The summed E-state index contributed by atoms with van der Waals surface area (Å²) in [6.07, 6.45) is 2.56. The second-order valence-corrected chi connectivity index (χ2v) is 6.43. The number of carbonyl (C=O) groups is 1. The van der Waals surface area contributed by atoms with Gasteiger partial charge in [-0.15, -0.1) is 0 Å². The maximum atomic E-state index is 13.3. The Morgan fingerprint density at radius 2 is 1.93 bits per heavy atom. The second kappa shape index (κ2) is 9.68. The summed E-state index contributed by atoms with van der Waals surface area (Å²) in [5, 5.41) is 9.83. The molecular weight excluding hydrogens is 376 g/mol. The summed E-state index contributed by atoms with van der Waals surface area (Å²) in [5.41, 5.74) is 2.21. The van der Waals surface area contributed by atoms with E-state index in [1.54, 1.807) is 12.1 Å². The van der Waals surface area contributed by atoms with Crippen molar-refractivity contribution in [2.75, 3.05) is 25.0 Å². The van der Waals surface area contributed by atoms with Gasteiger partial charge in [0, 0.05) is 35.9 Å². The predicted octanol–water partition coefficient (Wildman–Crippen LogP) is 3.18. The molecule has 8 heteroatoms. The summed E-state index contributed by atoms with van der Waals surface area (Å²) in [5.74, 6) is -0.525. The maximum Gasteiger partial charge on any atom is 0.246 e. The number of carbonyl (C=O) groups excluding carboxylic acids is 1. The first-order valence-corrected chi connectivity index (χ1v) is 9.38. The number of rotatable bonds is 7. The number of guanidine groups is 1. The van der Waals surface area contributed by atoms with Gasteiger partial charge in [-0.3, -0.25) is 4.79 Å². The number of halogens is 2. The highest BCUT2D eigenvalue weighted by atomic mass is 19.1. The molecule has 1 amide bonds. The molecule has 1 heterocycles. The van der Waals surface area contributed by atoms with Crippen molar-refractivity contribution in [2.45, 2.75) is 13.3 Å². The lowest BCUT2D eigenvalue weighted by Gasteiger charge is -2.11. The minimum atomic E-state index is -0.415. The Hall–Kier alpha value is -3.42. The largest absolute Gasteiger partial charge is 0.361 e. The minimum absolute atomic E-state index is 0.0990. The molecular formula is C21H23F2N5O. The molecule has 0 unspecified atom stereocenters. The average Bonchev–Trinajstić information content (AvgIpc) is 3.08. The van der Waals surface area contributed by atoms with Crippen LogP contribution in [0.25, 0.3) is 10.9 Å². The number of benzene rings is 2. The van der Waals surface area contributed by atoms with Gasteiger partial charge < -0.3 is 20.9 Å². The smallest absolute Gasteiger partial charge is 0.246 e. The van der Waals surface area contributed by atoms with E-state index < -0.39 is 5.82 Å². The first-order chi connectivity index (χ1) is 14.0. The Morgan fingerprint density at radius 1 is 1.10 bits per heavy atom. The minimum Gasteiger partial charge on any atom is -0.361 e. The van der Waals surface area contributed by atoms with Crippen molar-refractivity contribution in [3.63, 3.8) is 0 Å². The fourth-order valence-corrected chi connectivity index (χ4v) is 2.94. The van der Waals surface area contributed by atoms with E-state index in [1.807, 2.05) is 13.1 Å². The summed E-state index contributed by atoms with van der Waals surface area (Å²) < 4.78 is 26.5. The number of amides is 1. The highest BCUT2D eigenvalue weighted by Crippen LogP contribution is 2.19. The number of nitrogens with one attached hydrogen (secondary N) is 4. The summed E-state index contributed by atoms with van der Waals surface area (Å²) in [6.45, 7) is 3.06. The third-order valence-electron chi connectivity index (χ3n) is 4.25. The van der Waals surface area contributed by atoms with Crippen molar-refractivity contribution in [1.82, 2.24) is 15.6 Å². The fourth-order valence-electron chi connectivity index (χ4n) is 2.94. The molecule has 0 aliphatic carbocycles. The Kier molecular flexibility index (Phi) is 6.78. The lowest BCUT2D eigenvalue weighted by Crippen LogP contribution is -2.39. The van der Waals surface area contributed by atoms with E-state index in [2.05, 4.69) is 25.9 Å². The van der Waals surface area contributed by atoms with E-state index in [1.165, 1.54) is 30.3 Å². The van der Waals surface area contributed by atoms with Gasteiger partial charge in [0.05, 0.1) is 0 Å². The summed E-state index contributed by atoms with van der Waals surface area (Å²) >= 11 is 0. The number of anilines is 1. The van der Waals surface area contributed by atoms with Gasteiger partial charge in [-0.25, -0.2) is 13.8 Å². The number of nitrogens with zero attached hydrogens (tertiary/aromatic N) is 1. The van der Waals surface area contributed by atoms with Crippen LogP contribution in [0.15, 0.2) is 53.7 Å². The quantitative estimate of drug-likeness (QED) is 0.364. The highest BCUT2D eigenvalue weighted by Gasteiger charge is 2.06. The molecule has 0 bridgehead atoms. The van der Waals surface area contributed by atoms with Crippen LogP contribution in [0.5, 0.6) is 0 Å². The van der Waals surface area contributed by atoms with Crippen LogP contribution in [0.2, 0.25) is 0 Å². The van der Waals surface area contributed by atoms with Crippen molar-refractivity contribution in [3.8, 4) is 0 Å². The van der Waals surface area contributed by atoms with E-state index in [4.69, 9.17) is 0 Å². The van der Waals surface area contributed by atoms with Gasteiger partial charge in [0.1, 0.15) is 18.2 Å². The lowest BCUT2D eigenvalue weighted by atomic mass is 10.1. The number of hydrogen-bond donors (Lipinski definition) is 4. The third kappa shape index (κ3) is 5.78. The van der Waals surface area contributed by atoms with Gasteiger partial charge >= 0.3 is 0 Å². The third-order valence-corrected chi connectivity index (χ3v) is 4.25. The summed E-state index contributed by atoms with van der Waals surface area (Å²) in [7, 11) is 0. The number of aromatic nitrogens is 1. The highest BCUT2D eigenvalue weighted by molar-refractivity contribution is 5.94. The Bertz CT molecular complexity index is 1020. The van der Waals surface area contributed by atoms with Crippen LogP contribution in [0.1, 0.15) is 12.5 Å². The molecule has 0 saturated carbocycles. The second-order valence-electron chi connectivity index (χ2n) is 6.43. The first kappa shape index (κ1) is 20.3. The molecule has 0 aliphatic heterocycles. The average molecular weight is 399 g/mol. The molecule has 0 radical (unpaired) electrons. The maximum absolute atomic E-state index is 13.3. The van der Waals surface area contributed by atoms with Crippen LogP contribution in [-0.2, 0) is 11.2 Å². The van der Waals surface area contributed by atoms with Crippen LogP contribution in [0.4, 0.5) is 14.5 Å². The van der Waals surface area contributed by atoms with Gasteiger partial charge in [0.25, 0.3) is 0 Å². The lowest BCUT2D eigenvalue weighted by molar-refractivity contribution is -0.114. The van der Waals surface area contributed by atoms with Crippen LogP contribution in [0, 0.1) is 11.6 Å². The molecule has 2 aromatic carbocycles. The topological polar surface area (TPSA) is 81.3 Å². The Balaban J connectivity index is 1.54. The van der Waals surface area contributed by atoms with Crippen molar-refractivity contribution in [3.05, 3.63) is 65.9 Å². The van der Waals surface area contributed by atoms with Crippen LogP contribution < -0.4 is 16.0 Å². The molecule has 4 N–H and O–H groups in total. The SMILES string of the molecule is CCNC(=NCC(=O)Nc1cccc(F)c1)NCCc1c[nH]c2cc(F)ccc12. The molecule has 0 atom stereocenters.